The van der Waals surface area contributed by atoms with Crippen LogP contribution in [0.2, 0.25) is 0 Å². The number of hydrogen-bond donors (Lipinski definition) is 1. The standard InChI is InChI=1S/C6H6N4O/c1-4-2-3-5-6(7-4)9-10(11)8-5/h2-3,11H,1H3. The van der Waals surface area contributed by atoms with Crippen molar-refractivity contribution in [2.45, 2.75) is 6.92 Å². The first-order valence-electron chi connectivity index (χ1n) is 3.16. The Kier molecular flexibility index (Phi) is 1.06. The monoisotopic (exact) mass is 150 g/mol. The van der Waals surface area contributed by atoms with Crippen LogP contribution in [0, 0.1) is 6.92 Å². The molecule has 0 atom stereocenters. The fourth-order valence-corrected chi connectivity index (χ4v) is 0.891. The Morgan fingerprint density at radius 3 is 3.00 bits per heavy atom. The van der Waals surface area contributed by atoms with Gasteiger partial charge in [0.15, 0.2) is 0 Å². The first kappa shape index (κ1) is 6.09. The van der Waals surface area contributed by atoms with Crippen molar-refractivity contribution in [3.05, 3.63) is 17.8 Å². The van der Waals surface area contributed by atoms with Crippen molar-refractivity contribution >= 4 is 11.2 Å². The fourth-order valence-electron chi connectivity index (χ4n) is 0.891. The highest BCUT2D eigenvalue weighted by atomic mass is 16.5. The van der Waals surface area contributed by atoms with E-state index in [1.165, 1.54) is 0 Å². The molecule has 0 aromatic carbocycles. The second-order valence-electron chi connectivity index (χ2n) is 2.26. The molecule has 0 aliphatic heterocycles. The van der Waals surface area contributed by atoms with Crippen molar-refractivity contribution in [1.29, 1.82) is 0 Å². The summed E-state index contributed by atoms with van der Waals surface area (Å²) >= 11 is 0. The van der Waals surface area contributed by atoms with Gasteiger partial charge in [0.25, 0.3) is 0 Å². The van der Waals surface area contributed by atoms with Gasteiger partial charge < -0.3 is 5.21 Å². The molecule has 11 heavy (non-hydrogen) atoms. The van der Waals surface area contributed by atoms with Crippen LogP contribution in [0.15, 0.2) is 12.1 Å². The zero-order valence-corrected chi connectivity index (χ0v) is 5.89. The molecule has 0 saturated heterocycles. The average molecular weight is 150 g/mol. The predicted molar refractivity (Wildman–Crippen MR) is 37.2 cm³/mol. The summed E-state index contributed by atoms with van der Waals surface area (Å²) in [5.74, 6) is 0. The maximum atomic E-state index is 8.80. The second-order valence-corrected chi connectivity index (χ2v) is 2.26. The maximum absolute atomic E-state index is 8.80. The molecule has 2 rings (SSSR count). The quantitative estimate of drug-likeness (QED) is 0.551. The first-order valence-corrected chi connectivity index (χ1v) is 3.16. The Balaban J connectivity index is 2.82. The summed E-state index contributed by atoms with van der Waals surface area (Å²) in [5.41, 5.74) is 1.92. The fraction of sp³-hybridized carbons (Fsp3) is 0.167. The minimum atomic E-state index is 0.465. The number of hydrogen-bond acceptors (Lipinski definition) is 4. The zero-order valence-electron chi connectivity index (χ0n) is 5.89. The molecule has 0 saturated carbocycles. The highest BCUT2D eigenvalue weighted by molar-refractivity contribution is 5.68. The van der Waals surface area contributed by atoms with Crippen LogP contribution in [0.5, 0.6) is 0 Å². The van der Waals surface area contributed by atoms with Gasteiger partial charge in [0.2, 0.25) is 5.65 Å². The zero-order chi connectivity index (χ0) is 7.84. The molecule has 0 radical (unpaired) electrons. The normalized spacial score (nSPS) is 10.6. The summed E-state index contributed by atoms with van der Waals surface area (Å²) in [7, 11) is 0. The van der Waals surface area contributed by atoms with Crippen LogP contribution in [0.1, 0.15) is 5.69 Å². The van der Waals surface area contributed by atoms with E-state index in [1.807, 2.05) is 13.0 Å². The van der Waals surface area contributed by atoms with Crippen LogP contribution in [0.4, 0.5) is 0 Å². The van der Waals surface area contributed by atoms with Crippen LogP contribution in [0.25, 0.3) is 11.2 Å². The molecular weight excluding hydrogens is 144 g/mol. The molecule has 0 amide bonds. The SMILES string of the molecule is Cc1ccc2nn(O)nc2n1. The van der Waals surface area contributed by atoms with Gasteiger partial charge in [0.05, 0.1) is 0 Å². The van der Waals surface area contributed by atoms with Crippen LogP contribution in [-0.2, 0) is 0 Å². The molecule has 0 aliphatic carbocycles. The van der Waals surface area contributed by atoms with Gasteiger partial charge in [-0.3, -0.25) is 0 Å². The lowest BCUT2D eigenvalue weighted by atomic mass is 10.4. The number of aromatic nitrogens is 4. The van der Waals surface area contributed by atoms with Gasteiger partial charge >= 0.3 is 0 Å². The van der Waals surface area contributed by atoms with Crippen molar-refractivity contribution in [3.63, 3.8) is 0 Å². The van der Waals surface area contributed by atoms with Crippen LogP contribution >= 0.6 is 0 Å². The Hall–Kier alpha value is -1.65. The Morgan fingerprint density at radius 2 is 2.18 bits per heavy atom. The van der Waals surface area contributed by atoms with Gasteiger partial charge in [-0.25, -0.2) is 4.98 Å². The van der Waals surface area contributed by atoms with E-state index in [0.717, 1.165) is 5.69 Å². The molecule has 0 aliphatic rings. The van der Waals surface area contributed by atoms with E-state index in [0.29, 0.717) is 16.1 Å². The van der Waals surface area contributed by atoms with E-state index in [2.05, 4.69) is 15.2 Å². The molecule has 0 bridgehead atoms. The van der Waals surface area contributed by atoms with Crippen molar-refractivity contribution in [1.82, 2.24) is 20.1 Å². The van der Waals surface area contributed by atoms with Crippen LogP contribution in [0.3, 0.4) is 0 Å². The summed E-state index contributed by atoms with van der Waals surface area (Å²) in [4.78, 5) is 4.57. The maximum Gasteiger partial charge on any atom is 0.205 e. The molecule has 5 heteroatoms. The molecule has 56 valence electrons. The molecule has 2 heterocycles. The van der Waals surface area contributed by atoms with Gasteiger partial charge in [0.1, 0.15) is 5.52 Å². The van der Waals surface area contributed by atoms with Gasteiger partial charge in [-0.2, -0.15) is 0 Å². The summed E-state index contributed by atoms with van der Waals surface area (Å²) in [5, 5.41) is 16.1. The third-order valence-electron chi connectivity index (χ3n) is 1.38. The third-order valence-corrected chi connectivity index (χ3v) is 1.38. The minimum absolute atomic E-state index is 0.465. The van der Waals surface area contributed by atoms with Crippen LogP contribution in [-0.4, -0.2) is 25.3 Å². The predicted octanol–water partition coefficient (Wildman–Crippen LogP) is 0.372. The van der Waals surface area contributed by atoms with E-state index in [1.54, 1.807) is 6.07 Å². The summed E-state index contributed by atoms with van der Waals surface area (Å²) < 4.78 is 0. The van der Waals surface area contributed by atoms with E-state index < -0.39 is 0 Å². The highest BCUT2D eigenvalue weighted by Crippen LogP contribution is 2.04. The molecule has 2 aromatic rings. The largest absolute Gasteiger partial charge is 0.396 e. The number of aryl methyl sites for hydroxylation is 1. The van der Waals surface area contributed by atoms with E-state index in [-0.39, 0.29) is 0 Å². The summed E-state index contributed by atoms with van der Waals surface area (Å²) in [6.07, 6.45) is 0. The molecule has 0 fully saturated rings. The molecule has 0 spiro atoms. The number of rotatable bonds is 0. The topological polar surface area (TPSA) is 63.8 Å². The van der Waals surface area contributed by atoms with Crippen molar-refractivity contribution in [2.75, 3.05) is 0 Å². The number of fused-ring (bicyclic) bond motifs is 1. The minimum Gasteiger partial charge on any atom is -0.396 e. The number of nitrogens with zero attached hydrogens (tertiary/aromatic N) is 4. The van der Waals surface area contributed by atoms with E-state index >= 15 is 0 Å². The van der Waals surface area contributed by atoms with Gasteiger partial charge in [-0.1, -0.05) is 5.10 Å². The Labute approximate surface area is 62.2 Å². The highest BCUT2D eigenvalue weighted by Gasteiger charge is 2.00. The third kappa shape index (κ3) is 0.899. The smallest absolute Gasteiger partial charge is 0.205 e. The lowest BCUT2D eigenvalue weighted by Gasteiger charge is -1.85. The summed E-state index contributed by atoms with van der Waals surface area (Å²) in [6.45, 7) is 1.86. The molecule has 5 nitrogen and oxygen atoms in total. The lowest BCUT2D eigenvalue weighted by molar-refractivity contribution is 0.113. The van der Waals surface area contributed by atoms with Crippen LogP contribution < -0.4 is 0 Å². The van der Waals surface area contributed by atoms with E-state index in [9.17, 15) is 0 Å². The first-order chi connectivity index (χ1) is 5.25. The molecule has 2 aromatic heterocycles. The number of pyridine rings is 1. The molecule has 1 N–H and O–H groups in total. The summed E-state index contributed by atoms with van der Waals surface area (Å²) in [6, 6.07) is 3.58. The second kappa shape index (κ2) is 1.91. The van der Waals surface area contributed by atoms with Crippen molar-refractivity contribution in [2.24, 2.45) is 0 Å². The van der Waals surface area contributed by atoms with E-state index in [4.69, 9.17) is 5.21 Å². The Morgan fingerprint density at radius 1 is 1.36 bits per heavy atom. The molecular formula is C6H6N4O. The van der Waals surface area contributed by atoms with Gasteiger partial charge in [-0.15, -0.1) is 5.10 Å². The Bertz CT molecular complexity index is 394. The van der Waals surface area contributed by atoms with Crippen molar-refractivity contribution < 1.29 is 5.21 Å². The van der Waals surface area contributed by atoms with Crippen molar-refractivity contribution in [3.8, 4) is 0 Å². The molecule has 0 unspecified atom stereocenters. The average Bonchev–Trinajstić information content (AvgIpc) is 2.27. The van der Waals surface area contributed by atoms with Gasteiger partial charge in [-0.05, 0) is 24.0 Å². The van der Waals surface area contributed by atoms with Gasteiger partial charge in [0, 0.05) is 5.69 Å². The lowest BCUT2D eigenvalue weighted by Crippen LogP contribution is -1.93.